The maximum atomic E-state index is 12.7. The zero-order chi connectivity index (χ0) is 23.1. The highest BCUT2D eigenvalue weighted by atomic mass is 32.2. The van der Waals surface area contributed by atoms with E-state index in [0.29, 0.717) is 38.1 Å². The van der Waals surface area contributed by atoms with Gasteiger partial charge in [0.25, 0.3) is 5.91 Å². The number of hydrogen-bond acceptors (Lipinski definition) is 7. The van der Waals surface area contributed by atoms with Crippen molar-refractivity contribution < 1.29 is 19.1 Å². The van der Waals surface area contributed by atoms with Crippen molar-refractivity contribution in [2.24, 2.45) is 5.92 Å². The number of aryl methyl sites for hydroxylation is 1. The minimum absolute atomic E-state index is 0.0165. The first-order valence-corrected chi connectivity index (χ1v) is 12.6. The molecule has 1 aromatic heterocycles. The van der Waals surface area contributed by atoms with Crippen molar-refractivity contribution in [3.63, 3.8) is 0 Å². The average Bonchev–Trinajstić information content (AvgIpc) is 3.22. The average molecular weight is 476 g/mol. The van der Waals surface area contributed by atoms with Gasteiger partial charge in [-0.05, 0) is 51.0 Å². The molecule has 0 radical (unpaired) electrons. The molecule has 2 aromatic rings. The molecular formula is C23H29N3O4S2. The van der Waals surface area contributed by atoms with Crippen LogP contribution in [-0.2, 0) is 20.1 Å². The molecule has 1 fully saturated rings. The molecule has 1 aliphatic heterocycles. The van der Waals surface area contributed by atoms with Crippen LogP contribution in [0.5, 0.6) is 0 Å². The molecule has 3 rings (SSSR count). The Hall–Kier alpha value is -2.39. The third kappa shape index (κ3) is 6.56. The number of rotatable bonds is 8. The predicted molar refractivity (Wildman–Crippen MR) is 126 cm³/mol. The number of likely N-dealkylation sites (N-methyl/N-ethyl adjacent to an activating group) is 1. The van der Waals surface area contributed by atoms with Gasteiger partial charge in [0.05, 0.1) is 29.8 Å². The lowest BCUT2D eigenvalue weighted by Gasteiger charge is -2.32. The van der Waals surface area contributed by atoms with Gasteiger partial charge in [0.15, 0.2) is 0 Å². The van der Waals surface area contributed by atoms with Gasteiger partial charge >= 0.3 is 5.97 Å². The minimum Gasteiger partial charge on any atom is -0.466 e. The highest BCUT2D eigenvalue weighted by molar-refractivity contribution is 7.98. The number of ether oxygens (including phenoxy) is 1. The van der Waals surface area contributed by atoms with Crippen molar-refractivity contribution in [3.05, 3.63) is 45.9 Å². The summed E-state index contributed by atoms with van der Waals surface area (Å²) in [5.74, 6) is 0.170. The van der Waals surface area contributed by atoms with Crippen LogP contribution >= 0.6 is 23.1 Å². The molecule has 1 saturated heterocycles. The van der Waals surface area contributed by atoms with Gasteiger partial charge in [-0.15, -0.1) is 23.1 Å². The van der Waals surface area contributed by atoms with Crippen molar-refractivity contribution in [2.45, 2.75) is 37.3 Å². The molecule has 0 spiro atoms. The molecule has 0 N–H and O–H groups in total. The highest BCUT2D eigenvalue weighted by Crippen LogP contribution is 2.24. The summed E-state index contributed by atoms with van der Waals surface area (Å²) in [6.45, 7) is 5.19. The van der Waals surface area contributed by atoms with Crippen LogP contribution in [-0.4, -0.2) is 65.9 Å². The number of amides is 2. The monoisotopic (exact) mass is 475 g/mol. The van der Waals surface area contributed by atoms with Crippen molar-refractivity contribution in [3.8, 4) is 0 Å². The Kier molecular flexibility index (Phi) is 8.69. The minimum atomic E-state index is -0.188. The van der Waals surface area contributed by atoms with Crippen LogP contribution in [0.25, 0.3) is 0 Å². The fourth-order valence-corrected chi connectivity index (χ4v) is 5.05. The van der Waals surface area contributed by atoms with Gasteiger partial charge in [0.2, 0.25) is 5.91 Å². The van der Waals surface area contributed by atoms with E-state index in [1.165, 1.54) is 4.90 Å². The van der Waals surface area contributed by atoms with Gasteiger partial charge in [-0.25, -0.2) is 4.98 Å². The van der Waals surface area contributed by atoms with Crippen molar-refractivity contribution in [1.82, 2.24) is 14.8 Å². The van der Waals surface area contributed by atoms with Crippen molar-refractivity contribution in [1.29, 1.82) is 0 Å². The molecule has 2 heterocycles. The van der Waals surface area contributed by atoms with Gasteiger partial charge in [0, 0.05) is 41.7 Å². The second-order valence-corrected chi connectivity index (χ2v) is 9.85. The first kappa shape index (κ1) is 24.3. The summed E-state index contributed by atoms with van der Waals surface area (Å²) in [5.41, 5.74) is 1.61. The van der Waals surface area contributed by atoms with Crippen molar-refractivity contribution >= 4 is 40.9 Å². The van der Waals surface area contributed by atoms with Crippen LogP contribution in [0.2, 0.25) is 0 Å². The van der Waals surface area contributed by atoms with Gasteiger partial charge in [-0.1, -0.05) is 0 Å². The highest BCUT2D eigenvalue weighted by Gasteiger charge is 2.29. The molecule has 0 atom stereocenters. The number of esters is 1. The molecule has 9 heteroatoms. The number of benzene rings is 1. The lowest BCUT2D eigenvalue weighted by molar-refractivity contribution is -0.151. The summed E-state index contributed by atoms with van der Waals surface area (Å²) in [6.07, 6.45) is 1.20. The molecule has 2 amide bonds. The molecule has 0 saturated carbocycles. The Labute approximate surface area is 197 Å². The molecular weight excluding hydrogens is 446 g/mol. The molecule has 32 heavy (non-hydrogen) atoms. The number of thiazole rings is 1. The number of piperidine rings is 1. The first-order valence-electron chi connectivity index (χ1n) is 10.7. The number of nitrogens with zero attached hydrogens (tertiary/aromatic N) is 3. The zero-order valence-electron chi connectivity index (χ0n) is 18.7. The van der Waals surface area contributed by atoms with Crippen LogP contribution in [0.15, 0.2) is 34.5 Å². The van der Waals surface area contributed by atoms with E-state index in [1.54, 1.807) is 54.1 Å². The second-order valence-electron chi connectivity index (χ2n) is 7.74. The third-order valence-electron chi connectivity index (χ3n) is 5.34. The van der Waals surface area contributed by atoms with E-state index < -0.39 is 0 Å². The Bertz CT molecular complexity index is 937. The van der Waals surface area contributed by atoms with E-state index in [-0.39, 0.29) is 30.2 Å². The number of carbonyl (C=O) groups excluding carboxylic acids is 3. The maximum absolute atomic E-state index is 12.7. The van der Waals surface area contributed by atoms with Crippen LogP contribution in [0.1, 0.15) is 40.8 Å². The summed E-state index contributed by atoms with van der Waals surface area (Å²) in [5, 5.41) is 3.12. The van der Waals surface area contributed by atoms with Crippen LogP contribution < -0.4 is 0 Å². The summed E-state index contributed by atoms with van der Waals surface area (Å²) < 4.78 is 5.07. The smallest absolute Gasteiger partial charge is 0.309 e. The number of aromatic nitrogens is 1. The second kappa shape index (κ2) is 11.5. The van der Waals surface area contributed by atoms with Gasteiger partial charge < -0.3 is 14.5 Å². The summed E-state index contributed by atoms with van der Waals surface area (Å²) in [4.78, 5) is 45.9. The molecule has 0 bridgehead atoms. The number of thioether (sulfide) groups is 1. The number of likely N-dealkylation sites (tertiary alicyclic amines) is 1. The van der Waals surface area contributed by atoms with E-state index in [2.05, 4.69) is 10.4 Å². The molecule has 7 nitrogen and oxygen atoms in total. The zero-order valence-corrected chi connectivity index (χ0v) is 20.3. The lowest BCUT2D eigenvalue weighted by Crippen LogP contribution is -2.45. The molecule has 1 aliphatic rings. The number of carbonyl (C=O) groups is 3. The van der Waals surface area contributed by atoms with E-state index in [0.717, 1.165) is 21.3 Å². The Morgan fingerprint density at radius 3 is 2.50 bits per heavy atom. The van der Waals surface area contributed by atoms with Crippen LogP contribution in [0, 0.1) is 12.8 Å². The van der Waals surface area contributed by atoms with Gasteiger partial charge in [0.1, 0.15) is 0 Å². The third-order valence-corrected chi connectivity index (χ3v) is 7.21. The van der Waals surface area contributed by atoms with E-state index >= 15 is 0 Å². The van der Waals surface area contributed by atoms with E-state index in [9.17, 15) is 14.4 Å². The fraction of sp³-hybridized carbons (Fsp3) is 0.478. The Morgan fingerprint density at radius 1 is 1.22 bits per heavy atom. The molecule has 0 aliphatic carbocycles. The fourth-order valence-electron chi connectivity index (χ4n) is 3.55. The predicted octanol–water partition coefficient (Wildman–Crippen LogP) is 3.62. The molecule has 1 aromatic carbocycles. The summed E-state index contributed by atoms with van der Waals surface area (Å²) in [6, 6.07) is 7.44. The molecule has 0 unspecified atom stereocenters. The maximum Gasteiger partial charge on any atom is 0.309 e. The lowest BCUT2D eigenvalue weighted by atomic mass is 9.97. The quantitative estimate of drug-likeness (QED) is 0.429. The molecule has 172 valence electrons. The first-order chi connectivity index (χ1) is 15.4. The van der Waals surface area contributed by atoms with Gasteiger partial charge in [-0.2, -0.15) is 0 Å². The summed E-state index contributed by atoms with van der Waals surface area (Å²) >= 11 is 3.32. The van der Waals surface area contributed by atoms with Crippen LogP contribution in [0.4, 0.5) is 0 Å². The van der Waals surface area contributed by atoms with Gasteiger partial charge in [-0.3, -0.25) is 14.4 Å². The Balaban J connectivity index is 1.46. The summed E-state index contributed by atoms with van der Waals surface area (Å²) in [7, 11) is 1.64. The topological polar surface area (TPSA) is 79.8 Å². The SMILES string of the molecule is CCOC(=O)C1CCN(C(=O)CN(C)C(=O)c2ccc(SCc3csc(C)n3)cc2)CC1. The normalized spacial score (nSPS) is 14.3. The van der Waals surface area contributed by atoms with E-state index in [1.807, 2.05) is 19.1 Å². The van der Waals surface area contributed by atoms with Crippen molar-refractivity contribution in [2.75, 3.05) is 33.3 Å². The standard InChI is InChI=1S/C23H29N3O4S2/c1-4-30-23(29)18-9-11-26(12-10-18)21(27)13-25(3)22(28)17-5-7-20(8-6-17)32-15-19-14-31-16(2)24-19/h5-8,14,18H,4,9-13,15H2,1-3H3. The Morgan fingerprint density at radius 2 is 1.91 bits per heavy atom. The number of hydrogen-bond donors (Lipinski definition) is 0. The largest absolute Gasteiger partial charge is 0.466 e. The van der Waals surface area contributed by atoms with Crippen LogP contribution in [0.3, 0.4) is 0 Å². The van der Waals surface area contributed by atoms with E-state index in [4.69, 9.17) is 4.74 Å².